The van der Waals surface area contributed by atoms with Crippen molar-refractivity contribution in [3.8, 4) is 28.4 Å². The molecule has 0 aliphatic carbocycles. The monoisotopic (exact) mass is 498 g/mol. The second-order valence-corrected chi connectivity index (χ2v) is 7.82. The van der Waals surface area contributed by atoms with Gasteiger partial charge in [0.2, 0.25) is 11.2 Å². The molecule has 0 saturated carbocycles. The third-order valence-electron chi connectivity index (χ3n) is 5.49. The Hall–Kier alpha value is -4.27. The van der Waals surface area contributed by atoms with Gasteiger partial charge in [-0.3, -0.25) is 9.59 Å². The Morgan fingerprint density at radius 1 is 0.917 bits per heavy atom. The average molecular weight is 498 g/mol. The predicted octanol–water partition coefficient (Wildman–Crippen LogP) is 6.03. The van der Waals surface area contributed by atoms with Crippen LogP contribution < -0.4 is 19.6 Å². The van der Waals surface area contributed by atoms with Gasteiger partial charge in [0, 0.05) is 12.5 Å². The topological polar surface area (TPSA) is 75.0 Å². The molecule has 6 nitrogen and oxygen atoms in total. The number of fused-ring (bicyclic) bond motifs is 1. The van der Waals surface area contributed by atoms with Crippen molar-refractivity contribution < 1.29 is 36.6 Å². The minimum Gasteiger partial charge on any atom is -0.493 e. The van der Waals surface area contributed by atoms with Crippen molar-refractivity contribution in [2.75, 3.05) is 14.2 Å². The van der Waals surface area contributed by atoms with Crippen LogP contribution in [0.4, 0.5) is 13.2 Å². The van der Waals surface area contributed by atoms with E-state index < -0.39 is 28.9 Å². The Morgan fingerprint density at radius 3 is 2.31 bits per heavy atom. The highest BCUT2D eigenvalue weighted by Gasteiger charge is 2.39. The van der Waals surface area contributed by atoms with E-state index in [1.807, 2.05) is 30.3 Å². The molecule has 0 aliphatic rings. The van der Waals surface area contributed by atoms with E-state index in [1.165, 1.54) is 44.6 Å². The molecule has 36 heavy (non-hydrogen) atoms. The molecule has 3 aromatic carbocycles. The summed E-state index contributed by atoms with van der Waals surface area (Å²) in [4.78, 5) is 25.5. The van der Waals surface area contributed by atoms with Gasteiger partial charge < -0.3 is 18.6 Å². The third-order valence-corrected chi connectivity index (χ3v) is 5.49. The van der Waals surface area contributed by atoms with Crippen LogP contribution in [-0.2, 0) is 17.4 Å². The number of halogens is 3. The highest BCUT2D eigenvalue weighted by molar-refractivity contribution is 5.85. The van der Waals surface area contributed by atoms with E-state index in [0.29, 0.717) is 12.2 Å². The van der Waals surface area contributed by atoms with Gasteiger partial charge in [-0.2, -0.15) is 13.2 Å². The quantitative estimate of drug-likeness (QED) is 0.229. The first kappa shape index (κ1) is 24.8. The van der Waals surface area contributed by atoms with Gasteiger partial charge in [-0.1, -0.05) is 36.4 Å². The van der Waals surface area contributed by atoms with Crippen molar-refractivity contribution in [2.45, 2.75) is 19.0 Å². The van der Waals surface area contributed by atoms with Crippen molar-refractivity contribution >= 4 is 16.9 Å². The molecule has 4 aromatic rings. The molecule has 4 rings (SSSR count). The van der Waals surface area contributed by atoms with Gasteiger partial charge in [0.15, 0.2) is 11.5 Å². The number of carbonyl (C=O) groups is 1. The summed E-state index contributed by atoms with van der Waals surface area (Å²) in [5.74, 6) is -1.63. The number of benzene rings is 3. The molecular formula is C27H21F3O6. The smallest absolute Gasteiger partial charge is 0.450 e. The molecule has 0 N–H and O–H groups in total. The lowest BCUT2D eigenvalue weighted by atomic mass is 10.0. The molecule has 0 spiro atoms. The molecule has 1 heterocycles. The summed E-state index contributed by atoms with van der Waals surface area (Å²) in [7, 11) is 2.72. The summed E-state index contributed by atoms with van der Waals surface area (Å²) >= 11 is 0. The van der Waals surface area contributed by atoms with Gasteiger partial charge in [-0.15, -0.1) is 0 Å². The van der Waals surface area contributed by atoms with Crippen molar-refractivity contribution in [1.29, 1.82) is 0 Å². The van der Waals surface area contributed by atoms with E-state index in [0.717, 1.165) is 11.6 Å². The molecule has 0 saturated heterocycles. The largest absolute Gasteiger partial charge is 0.493 e. The normalized spacial score (nSPS) is 11.4. The molecule has 186 valence electrons. The zero-order valence-corrected chi connectivity index (χ0v) is 19.3. The standard InChI is InChI=1S/C27H21F3O6/c1-33-20-12-9-17(14-22(20)34-2)24-25(32)19-11-10-18(15-21(19)36-26(24)27(28,29)30)35-23(31)13-8-16-6-4-3-5-7-16/h3-7,9-12,14-15H,8,13H2,1-2H3. The zero-order chi connectivity index (χ0) is 25.9. The molecule has 0 amide bonds. The second-order valence-electron chi connectivity index (χ2n) is 7.82. The van der Waals surface area contributed by atoms with E-state index in [1.54, 1.807) is 0 Å². The minimum absolute atomic E-state index is 0.0318. The van der Waals surface area contributed by atoms with E-state index >= 15 is 0 Å². The number of hydrogen-bond acceptors (Lipinski definition) is 6. The van der Waals surface area contributed by atoms with Gasteiger partial charge in [0.1, 0.15) is 11.3 Å². The van der Waals surface area contributed by atoms with Crippen LogP contribution in [0.2, 0.25) is 0 Å². The predicted molar refractivity (Wildman–Crippen MR) is 126 cm³/mol. The number of rotatable bonds is 7. The number of esters is 1. The first-order valence-electron chi connectivity index (χ1n) is 10.9. The van der Waals surface area contributed by atoms with Crippen LogP contribution in [0.25, 0.3) is 22.1 Å². The summed E-state index contributed by atoms with van der Waals surface area (Å²) < 4.78 is 62.6. The molecule has 1 aromatic heterocycles. The molecule has 9 heteroatoms. The minimum atomic E-state index is -4.97. The Morgan fingerprint density at radius 2 is 1.64 bits per heavy atom. The Kier molecular flexibility index (Phi) is 7.00. The van der Waals surface area contributed by atoms with Gasteiger partial charge in [-0.05, 0) is 41.8 Å². The van der Waals surface area contributed by atoms with E-state index in [2.05, 4.69) is 0 Å². The molecule has 0 atom stereocenters. The lowest BCUT2D eigenvalue weighted by molar-refractivity contribution is -0.152. The molecule has 0 unspecified atom stereocenters. The summed E-state index contributed by atoms with van der Waals surface area (Å²) in [6, 6.07) is 17.0. The van der Waals surface area contributed by atoms with Crippen LogP contribution in [0, 0.1) is 0 Å². The summed E-state index contributed by atoms with van der Waals surface area (Å²) in [5.41, 5.74) is -1.02. The molecule has 0 bridgehead atoms. The lowest BCUT2D eigenvalue weighted by Crippen LogP contribution is -2.16. The second kappa shape index (κ2) is 10.2. The first-order valence-corrected chi connectivity index (χ1v) is 10.9. The highest BCUT2D eigenvalue weighted by atomic mass is 19.4. The van der Waals surface area contributed by atoms with E-state index in [9.17, 15) is 22.8 Å². The maximum absolute atomic E-state index is 14.0. The summed E-state index contributed by atoms with van der Waals surface area (Å²) in [5, 5.41) is -0.100. The number of alkyl halides is 3. The van der Waals surface area contributed by atoms with Crippen molar-refractivity contribution in [1.82, 2.24) is 0 Å². The van der Waals surface area contributed by atoms with Gasteiger partial charge in [0.05, 0.1) is 25.2 Å². The fourth-order valence-electron chi connectivity index (χ4n) is 3.76. The summed E-state index contributed by atoms with van der Waals surface area (Å²) in [6.07, 6.45) is -4.47. The van der Waals surface area contributed by atoms with Crippen LogP contribution in [-0.4, -0.2) is 20.2 Å². The van der Waals surface area contributed by atoms with Gasteiger partial charge >= 0.3 is 12.1 Å². The van der Waals surface area contributed by atoms with E-state index in [-0.39, 0.29) is 34.5 Å². The van der Waals surface area contributed by atoms with Crippen LogP contribution in [0.15, 0.2) is 75.9 Å². The Balaban J connectivity index is 1.71. The van der Waals surface area contributed by atoms with Crippen LogP contribution >= 0.6 is 0 Å². The molecule has 0 radical (unpaired) electrons. The maximum atomic E-state index is 14.0. The summed E-state index contributed by atoms with van der Waals surface area (Å²) in [6.45, 7) is 0. The van der Waals surface area contributed by atoms with Crippen LogP contribution in [0.3, 0.4) is 0 Å². The average Bonchev–Trinajstić information content (AvgIpc) is 2.87. The molecular weight excluding hydrogens is 477 g/mol. The van der Waals surface area contributed by atoms with Crippen molar-refractivity contribution in [3.63, 3.8) is 0 Å². The third kappa shape index (κ3) is 5.19. The van der Waals surface area contributed by atoms with Crippen molar-refractivity contribution in [3.05, 3.63) is 88.3 Å². The van der Waals surface area contributed by atoms with Gasteiger partial charge in [-0.25, -0.2) is 0 Å². The highest BCUT2D eigenvalue weighted by Crippen LogP contribution is 2.40. The van der Waals surface area contributed by atoms with Gasteiger partial charge in [0.25, 0.3) is 0 Å². The Bertz CT molecular complexity index is 1460. The fraction of sp³-hybridized carbons (Fsp3) is 0.185. The van der Waals surface area contributed by atoms with Crippen molar-refractivity contribution in [2.24, 2.45) is 0 Å². The number of aryl methyl sites for hydroxylation is 1. The number of ether oxygens (including phenoxy) is 3. The Labute approximate surface area is 203 Å². The maximum Gasteiger partial charge on any atom is 0.450 e. The van der Waals surface area contributed by atoms with Crippen LogP contribution in [0.5, 0.6) is 17.2 Å². The number of hydrogen-bond donors (Lipinski definition) is 0. The number of carbonyl (C=O) groups excluding carboxylic acids is 1. The zero-order valence-electron chi connectivity index (χ0n) is 19.3. The molecule has 0 aliphatic heterocycles. The number of methoxy groups -OCH3 is 2. The van der Waals surface area contributed by atoms with E-state index in [4.69, 9.17) is 18.6 Å². The molecule has 0 fully saturated rings. The fourth-order valence-corrected chi connectivity index (χ4v) is 3.76. The first-order chi connectivity index (χ1) is 17.2. The lowest BCUT2D eigenvalue weighted by Gasteiger charge is -2.15. The SMILES string of the molecule is COc1ccc(-c2c(C(F)(F)F)oc3cc(OC(=O)CCc4ccccc4)ccc3c2=O)cc1OC. The van der Waals surface area contributed by atoms with Crippen LogP contribution in [0.1, 0.15) is 17.7 Å².